The average molecular weight is 399 g/mol. The topological polar surface area (TPSA) is 89.1 Å². The molecule has 0 aliphatic rings. The summed E-state index contributed by atoms with van der Waals surface area (Å²) in [6, 6.07) is 5.26. The number of halogens is 1. The molecule has 0 fully saturated rings. The lowest BCUT2D eigenvalue weighted by Crippen LogP contribution is -2.27. The molecular formula is C17H23ClN4O3S. The molecule has 0 atom stereocenters. The first kappa shape index (κ1) is 20.5. The van der Waals surface area contributed by atoms with E-state index in [0.29, 0.717) is 40.5 Å². The van der Waals surface area contributed by atoms with Crippen molar-refractivity contribution in [1.82, 2.24) is 20.5 Å². The van der Waals surface area contributed by atoms with Gasteiger partial charge in [0, 0.05) is 18.2 Å². The summed E-state index contributed by atoms with van der Waals surface area (Å²) in [4.78, 5) is 16.2. The highest BCUT2D eigenvalue weighted by molar-refractivity contribution is 7.99. The van der Waals surface area contributed by atoms with Crippen molar-refractivity contribution in [2.24, 2.45) is 0 Å². The molecule has 0 unspecified atom stereocenters. The molecule has 26 heavy (non-hydrogen) atoms. The van der Waals surface area contributed by atoms with E-state index >= 15 is 0 Å². The molecule has 0 saturated carbocycles. The molecule has 1 aromatic carbocycles. The second-order valence-electron chi connectivity index (χ2n) is 5.72. The number of carbonyl (C=O) groups excluding carboxylic acids is 1. The van der Waals surface area contributed by atoms with E-state index in [1.165, 1.54) is 11.8 Å². The van der Waals surface area contributed by atoms with Crippen LogP contribution in [0.3, 0.4) is 0 Å². The molecule has 7 nitrogen and oxygen atoms in total. The van der Waals surface area contributed by atoms with E-state index in [0.717, 1.165) is 6.42 Å². The van der Waals surface area contributed by atoms with E-state index in [4.69, 9.17) is 21.1 Å². The Kier molecular flexibility index (Phi) is 8.21. The number of carbonyl (C=O) groups is 1. The minimum Gasteiger partial charge on any atom is -0.496 e. The second kappa shape index (κ2) is 10.4. The third-order valence-electron chi connectivity index (χ3n) is 3.31. The van der Waals surface area contributed by atoms with E-state index in [1.54, 1.807) is 25.3 Å². The fourth-order valence-corrected chi connectivity index (χ4v) is 2.90. The number of hydrogen-bond acceptors (Lipinski definition) is 6. The highest BCUT2D eigenvalue weighted by Crippen LogP contribution is 2.31. The van der Waals surface area contributed by atoms with Crippen molar-refractivity contribution in [2.45, 2.75) is 31.5 Å². The second-order valence-corrected chi connectivity index (χ2v) is 7.10. The maximum atomic E-state index is 11.9. The molecule has 1 aromatic heterocycles. The Hall–Kier alpha value is -1.77. The van der Waals surface area contributed by atoms with Gasteiger partial charge in [0.25, 0.3) is 0 Å². The van der Waals surface area contributed by atoms with E-state index in [1.807, 2.05) is 13.8 Å². The van der Waals surface area contributed by atoms with Crippen molar-refractivity contribution in [2.75, 3.05) is 26.0 Å². The number of amides is 1. The minimum absolute atomic E-state index is 0.0637. The molecule has 0 bridgehead atoms. The molecule has 142 valence electrons. The maximum Gasteiger partial charge on any atom is 0.230 e. The predicted molar refractivity (Wildman–Crippen MR) is 103 cm³/mol. The van der Waals surface area contributed by atoms with Gasteiger partial charge in [-0.15, -0.1) is 5.10 Å². The number of H-pyrrole nitrogens is 1. The van der Waals surface area contributed by atoms with Crippen molar-refractivity contribution in [3.8, 4) is 17.1 Å². The molecule has 0 spiro atoms. The SMILES string of the molecule is COc1ccc(Cl)cc1-c1nc(SCC(=O)NCCCOC(C)C)n[nH]1. The van der Waals surface area contributed by atoms with E-state index < -0.39 is 0 Å². The molecule has 2 rings (SSSR count). The molecule has 2 N–H and O–H groups in total. The minimum atomic E-state index is -0.0637. The monoisotopic (exact) mass is 398 g/mol. The Morgan fingerprint density at radius 1 is 1.42 bits per heavy atom. The largest absolute Gasteiger partial charge is 0.496 e. The van der Waals surface area contributed by atoms with Crippen LogP contribution in [0.25, 0.3) is 11.4 Å². The summed E-state index contributed by atoms with van der Waals surface area (Å²) in [5, 5.41) is 10.9. The molecule has 0 aliphatic heterocycles. The first-order valence-corrected chi connectivity index (χ1v) is 9.63. The van der Waals surface area contributed by atoms with Crippen molar-refractivity contribution in [3.63, 3.8) is 0 Å². The standard InChI is InChI=1S/C17H23ClN4O3S/c1-11(2)25-8-4-7-19-15(23)10-26-17-20-16(21-22-17)13-9-12(18)5-6-14(13)24-3/h5-6,9,11H,4,7-8,10H2,1-3H3,(H,19,23)(H,20,21,22). The van der Waals surface area contributed by atoms with Gasteiger partial charge in [-0.3, -0.25) is 9.89 Å². The van der Waals surface area contributed by atoms with Crippen LogP contribution in [0.15, 0.2) is 23.4 Å². The molecule has 1 amide bonds. The lowest BCUT2D eigenvalue weighted by molar-refractivity contribution is -0.118. The highest BCUT2D eigenvalue weighted by Gasteiger charge is 2.13. The molecule has 0 saturated heterocycles. The van der Waals surface area contributed by atoms with Crippen LogP contribution in [0.4, 0.5) is 0 Å². The van der Waals surface area contributed by atoms with Gasteiger partial charge in [-0.2, -0.15) is 0 Å². The average Bonchev–Trinajstić information content (AvgIpc) is 3.08. The Balaban J connectivity index is 1.82. The number of nitrogens with one attached hydrogen (secondary N) is 2. The Labute approximate surface area is 162 Å². The van der Waals surface area contributed by atoms with Gasteiger partial charge in [-0.05, 0) is 38.5 Å². The van der Waals surface area contributed by atoms with Gasteiger partial charge < -0.3 is 14.8 Å². The molecule has 0 aliphatic carbocycles. The summed E-state index contributed by atoms with van der Waals surface area (Å²) in [5.74, 6) is 1.36. The van der Waals surface area contributed by atoms with Crippen LogP contribution in [-0.2, 0) is 9.53 Å². The summed E-state index contributed by atoms with van der Waals surface area (Å²) in [5.41, 5.74) is 0.717. The van der Waals surface area contributed by atoms with Crippen LogP contribution < -0.4 is 10.1 Å². The summed E-state index contributed by atoms with van der Waals surface area (Å²) < 4.78 is 10.7. The predicted octanol–water partition coefficient (Wildman–Crippen LogP) is 3.16. The van der Waals surface area contributed by atoms with Gasteiger partial charge in [0.05, 0.1) is 24.5 Å². The summed E-state index contributed by atoms with van der Waals surface area (Å²) in [6.45, 7) is 5.20. The molecule has 2 aromatic rings. The first-order valence-electron chi connectivity index (χ1n) is 8.27. The van der Waals surface area contributed by atoms with Crippen molar-refractivity contribution in [1.29, 1.82) is 0 Å². The van der Waals surface area contributed by atoms with E-state index in [2.05, 4.69) is 20.5 Å². The van der Waals surface area contributed by atoms with Crippen LogP contribution in [0.1, 0.15) is 20.3 Å². The van der Waals surface area contributed by atoms with Gasteiger partial charge in [0.2, 0.25) is 11.1 Å². The first-order chi connectivity index (χ1) is 12.5. The third-order valence-corrected chi connectivity index (χ3v) is 4.39. The zero-order chi connectivity index (χ0) is 18.9. The number of thioether (sulfide) groups is 1. The molecule has 0 radical (unpaired) electrons. The third kappa shape index (κ3) is 6.51. The summed E-state index contributed by atoms with van der Waals surface area (Å²) in [6.07, 6.45) is 0.993. The number of methoxy groups -OCH3 is 1. The Morgan fingerprint density at radius 3 is 2.96 bits per heavy atom. The normalized spacial score (nSPS) is 11.0. The van der Waals surface area contributed by atoms with Gasteiger partial charge >= 0.3 is 0 Å². The Morgan fingerprint density at radius 2 is 2.23 bits per heavy atom. The number of nitrogens with zero attached hydrogens (tertiary/aromatic N) is 2. The lowest BCUT2D eigenvalue weighted by Gasteiger charge is -2.07. The number of aromatic nitrogens is 3. The van der Waals surface area contributed by atoms with Crippen LogP contribution in [0.2, 0.25) is 5.02 Å². The fraction of sp³-hybridized carbons (Fsp3) is 0.471. The van der Waals surface area contributed by atoms with Crippen LogP contribution in [0, 0.1) is 0 Å². The van der Waals surface area contributed by atoms with Gasteiger partial charge in [-0.25, -0.2) is 4.98 Å². The van der Waals surface area contributed by atoms with Crippen LogP contribution in [0.5, 0.6) is 5.75 Å². The number of benzene rings is 1. The molecule has 1 heterocycles. The number of aromatic amines is 1. The number of rotatable bonds is 10. The van der Waals surface area contributed by atoms with E-state index in [-0.39, 0.29) is 17.8 Å². The zero-order valence-electron chi connectivity index (χ0n) is 15.0. The molecular weight excluding hydrogens is 376 g/mol. The van der Waals surface area contributed by atoms with Gasteiger partial charge in [0.1, 0.15) is 5.75 Å². The quantitative estimate of drug-likeness (QED) is 0.472. The Bertz CT molecular complexity index is 724. The van der Waals surface area contributed by atoms with E-state index in [9.17, 15) is 4.79 Å². The van der Waals surface area contributed by atoms with Gasteiger partial charge in [0.15, 0.2) is 5.82 Å². The smallest absolute Gasteiger partial charge is 0.230 e. The zero-order valence-corrected chi connectivity index (χ0v) is 16.6. The fourth-order valence-electron chi connectivity index (χ4n) is 2.10. The number of hydrogen-bond donors (Lipinski definition) is 2. The van der Waals surface area contributed by atoms with Crippen LogP contribution >= 0.6 is 23.4 Å². The van der Waals surface area contributed by atoms with Crippen molar-refractivity contribution < 1.29 is 14.3 Å². The maximum absolute atomic E-state index is 11.9. The van der Waals surface area contributed by atoms with Gasteiger partial charge in [-0.1, -0.05) is 23.4 Å². The van der Waals surface area contributed by atoms with Crippen LogP contribution in [-0.4, -0.2) is 53.2 Å². The number of ether oxygens (including phenoxy) is 2. The summed E-state index contributed by atoms with van der Waals surface area (Å²) in [7, 11) is 1.58. The molecule has 9 heteroatoms. The highest BCUT2D eigenvalue weighted by atomic mass is 35.5. The summed E-state index contributed by atoms with van der Waals surface area (Å²) >= 11 is 7.30. The van der Waals surface area contributed by atoms with Crippen molar-refractivity contribution >= 4 is 29.3 Å². The lowest BCUT2D eigenvalue weighted by atomic mass is 10.2. The van der Waals surface area contributed by atoms with Crippen molar-refractivity contribution in [3.05, 3.63) is 23.2 Å².